The molecule has 0 radical (unpaired) electrons. The minimum Gasteiger partial charge on any atom is -0.392 e. The fourth-order valence-corrected chi connectivity index (χ4v) is 6.41. The molecule has 5 aromatic rings. The summed E-state index contributed by atoms with van der Waals surface area (Å²) in [6.45, 7) is 4.71. The predicted octanol–water partition coefficient (Wildman–Crippen LogP) is 5.33. The Hall–Kier alpha value is -5.00. The zero-order chi connectivity index (χ0) is 33.4. The highest BCUT2D eigenvalue weighted by Gasteiger charge is 2.34. The highest BCUT2D eigenvalue weighted by Crippen LogP contribution is 2.39. The second kappa shape index (κ2) is 15.5. The largest absolute Gasteiger partial charge is 0.392 e. The van der Waals surface area contributed by atoms with E-state index in [1.165, 1.54) is 0 Å². The number of nitrogens with one attached hydrogen (secondary N) is 1. The minimum absolute atomic E-state index is 0.00499. The van der Waals surface area contributed by atoms with Crippen LogP contribution in [-0.2, 0) is 22.6 Å². The molecule has 2 fully saturated rings. The molecule has 0 bridgehead atoms. The monoisotopic (exact) mass is 656 g/mol. The average Bonchev–Trinajstić information content (AvgIpc) is 3.18. The summed E-state index contributed by atoms with van der Waals surface area (Å²) < 4.78 is 13.4. The first kappa shape index (κ1) is 32.5. The highest BCUT2D eigenvalue weighted by atomic mass is 16.7. The van der Waals surface area contributed by atoms with Crippen molar-refractivity contribution in [1.29, 1.82) is 0 Å². The number of aromatic nitrogens is 3. The number of pyridine rings is 1. The zero-order valence-corrected chi connectivity index (χ0v) is 27.3. The number of carbonyl (C=O) groups excluding carboxylic acids is 1. The van der Waals surface area contributed by atoms with Gasteiger partial charge in [0, 0.05) is 76.0 Å². The predicted molar refractivity (Wildman–Crippen MR) is 186 cm³/mol. The molecule has 10 heteroatoms. The lowest BCUT2D eigenvalue weighted by atomic mass is 9.98. The molecular formula is C39H40N6O4. The van der Waals surface area contributed by atoms with E-state index in [9.17, 15) is 9.90 Å². The molecule has 2 aromatic heterocycles. The van der Waals surface area contributed by atoms with Gasteiger partial charge in [-0.2, -0.15) is 0 Å². The van der Waals surface area contributed by atoms with Crippen molar-refractivity contribution in [2.75, 3.05) is 37.6 Å². The number of hydrogen-bond acceptors (Lipinski definition) is 9. The van der Waals surface area contributed by atoms with Gasteiger partial charge in [0.2, 0.25) is 5.95 Å². The third-order valence-electron chi connectivity index (χ3n) is 9.08. The lowest BCUT2D eigenvalue weighted by Crippen LogP contribution is -2.50. The van der Waals surface area contributed by atoms with Gasteiger partial charge in [0.05, 0.1) is 24.4 Å². The van der Waals surface area contributed by atoms with E-state index in [0.717, 1.165) is 78.5 Å². The van der Waals surface area contributed by atoms with Crippen molar-refractivity contribution >= 4 is 11.9 Å². The Labute approximate surface area is 286 Å². The second-order valence-corrected chi connectivity index (χ2v) is 12.4. The Morgan fingerprint density at radius 1 is 0.796 bits per heavy atom. The number of aliphatic hydroxyl groups is 1. The quantitative estimate of drug-likeness (QED) is 0.206. The van der Waals surface area contributed by atoms with Crippen LogP contribution in [0.2, 0.25) is 0 Å². The van der Waals surface area contributed by atoms with Gasteiger partial charge in [-0.15, -0.1) is 0 Å². The van der Waals surface area contributed by atoms with Gasteiger partial charge in [-0.1, -0.05) is 60.7 Å². The summed E-state index contributed by atoms with van der Waals surface area (Å²) in [5, 5.41) is 12.6. The van der Waals surface area contributed by atoms with Crippen LogP contribution in [0.1, 0.15) is 51.4 Å². The van der Waals surface area contributed by atoms with Crippen LogP contribution >= 0.6 is 0 Å². The number of benzene rings is 3. The molecule has 3 atom stereocenters. The molecule has 7 rings (SSSR count). The van der Waals surface area contributed by atoms with Crippen LogP contribution in [0.4, 0.5) is 5.95 Å². The Morgan fingerprint density at radius 2 is 1.57 bits per heavy atom. The van der Waals surface area contributed by atoms with Gasteiger partial charge < -0.3 is 24.8 Å². The van der Waals surface area contributed by atoms with Gasteiger partial charge in [0.15, 0.2) is 6.29 Å². The molecule has 250 valence electrons. The molecule has 2 aliphatic heterocycles. The molecule has 10 nitrogen and oxygen atoms in total. The van der Waals surface area contributed by atoms with Crippen LogP contribution in [0.15, 0.2) is 116 Å². The molecule has 1 amide bonds. The number of hydrogen-bond donors (Lipinski definition) is 2. The number of nitrogens with zero attached hydrogens (tertiary/aromatic N) is 5. The molecule has 2 aliphatic rings. The average molecular weight is 657 g/mol. The summed E-state index contributed by atoms with van der Waals surface area (Å²) in [6.07, 6.45) is 6.75. The lowest BCUT2D eigenvalue weighted by Gasteiger charge is -2.40. The van der Waals surface area contributed by atoms with Crippen LogP contribution in [-0.4, -0.2) is 69.7 Å². The molecule has 2 saturated heterocycles. The fraction of sp³-hybridized carbons (Fsp3) is 0.282. The maximum absolute atomic E-state index is 12.6. The number of anilines is 1. The number of carbonyl (C=O) groups is 1. The maximum atomic E-state index is 12.6. The van der Waals surface area contributed by atoms with E-state index in [4.69, 9.17) is 9.47 Å². The van der Waals surface area contributed by atoms with E-state index in [0.29, 0.717) is 12.1 Å². The third kappa shape index (κ3) is 8.18. The maximum Gasteiger partial charge on any atom is 0.253 e. The van der Waals surface area contributed by atoms with Crippen LogP contribution in [0.5, 0.6) is 0 Å². The van der Waals surface area contributed by atoms with Crippen molar-refractivity contribution in [2.24, 2.45) is 0 Å². The zero-order valence-electron chi connectivity index (χ0n) is 27.3. The van der Waals surface area contributed by atoms with Crippen LogP contribution in [0, 0.1) is 0 Å². The first-order valence-corrected chi connectivity index (χ1v) is 16.7. The standard InChI is InChI=1S/C39H40N6O4/c46-27-28-10-12-30(13-11-28)36-23-35(26-44-17-19-45(20-18-44)39-41-15-4-16-42-39)48-38(49-36)33-8-2-7-32(22-33)31-6-1-5-29(21-31)24-43-37(47)34-9-3-14-40-25-34/h1-16,21-22,25,35-36,38,46H,17-20,23-24,26-27H2,(H,43,47)/t35-,36+,38+/m0/s1. The molecule has 0 saturated carbocycles. The van der Waals surface area contributed by atoms with Crippen molar-refractivity contribution in [3.63, 3.8) is 0 Å². The van der Waals surface area contributed by atoms with Crippen molar-refractivity contribution < 1.29 is 19.4 Å². The summed E-state index contributed by atoms with van der Waals surface area (Å²) in [7, 11) is 0. The Morgan fingerprint density at radius 3 is 2.33 bits per heavy atom. The number of ether oxygens (including phenoxy) is 2. The Bertz CT molecular complexity index is 1820. The molecule has 0 spiro atoms. The molecule has 4 heterocycles. The van der Waals surface area contributed by atoms with E-state index in [2.05, 4.69) is 60.4 Å². The van der Waals surface area contributed by atoms with Gasteiger partial charge in [-0.25, -0.2) is 9.97 Å². The highest BCUT2D eigenvalue weighted by molar-refractivity contribution is 5.93. The van der Waals surface area contributed by atoms with E-state index < -0.39 is 6.29 Å². The summed E-state index contributed by atoms with van der Waals surface area (Å²) in [5.41, 5.74) is 6.49. The number of piperazine rings is 1. The topological polar surface area (TPSA) is 113 Å². The van der Waals surface area contributed by atoms with Gasteiger partial charge in [0.25, 0.3) is 5.91 Å². The lowest BCUT2D eigenvalue weighted by molar-refractivity contribution is -0.253. The molecule has 2 N–H and O–H groups in total. The normalized spacial score (nSPS) is 19.8. The van der Waals surface area contributed by atoms with Gasteiger partial charge in [0.1, 0.15) is 0 Å². The first-order valence-electron chi connectivity index (χ1n) is 16.7. The van der Waals surface area contributed by atoms with Gasteiger partial charge in [-0.05, 0) is 58.1 Å². The minimum atomic E-state index is -0.554. The smallest absolute Gasteiger partial charge is 0.253 e. The number of amides is 1. The van der Waals surface area contributed by atoms with Crippen LogP contribution in [0.3, 0.4) is 0 Å². The van der Waals surface area contributed by atoms with E-state index in [1.54, 1.807) is 36.9 Å². The number of aliphatic hydroxyl groups excluding tert-OH is 1. The summed E-state index contributed by atoms with van der Waals surface area (Å²) >= 11 is 0. The summed E-state index contributed by atoms with van der Waals surface area (Å²) in [5.74, 6) is 0.616. The second-order valence-electron chi connectivity index (χ2n) is 12.4. The fourth-order valence-electron chi connectivity index (χ4n) is 6.41. The SMILES string of the molecule is O=C(NCc1cccc(-c2cccc([C@@H]3O[C@H](CN4CCN(c5ncccn5)CC4)C[C@H](c4ccc(CO)cc4)O3)c2)c1)c1cccnc1. The van der Waals surface area contributed by atoms with E-state index in [1.807, 2.05) is 48.5 Å². The molecule has 49 heavy (non-hydrogen) atoms. The first-order chi connectivity index (χ1) is 24.1. The Balaban J connectivity index is 1.06. The molecule has 0 unspecified atom stereocenters. The van der Waals surface area contributed by atoms with Crippen molar-refractivity contribution in [1.82, 2.24) is 25.2 Å². The van der Waals surface area contributed by atoms with Crippen LogP contribution < -0.4 is 10.2 Å². The van der Waals surface area contributed by atoms with Crippen molar-refractivity contribution in [3.8, 4) is 11.1 Å². The molecule has 0 aliphatic carbocycles. The Kier molecular flexibility index (Phi) is 10.3. The van der Waals surface area contributed by atoms with E-state index >= 15 is 0 Å². The molecule has 3 aromatic carbocycles. The third-order valence-corrected chi connectivity index (χ3v) is 9.08. The van der Waals surface area contributed by atoms with Gasteiger partial charge in [-0.3, -0.25) is 14.7 Å². The van der Waals surface area contributed by atoms with Crippen LogP contribution in [0.25, 0.3) is 11.1 Å². The molecular weight excluding hydrogens is 616 g/mol. The summed E-state index contributed by atoms with van der Waals surface area (Å²) in [4.78, 5) is 30.1. The van der Waals surface area contributed by atoms with Crippen molar-refractivity contribution in [3.05, 3.63) is 144 Å². The van der Waals surface area contributed by atoms with E-state index in [-0.39, 0.29) is 24.7 Å². The number of rotatable bonds is 10. The van der Waals surface area contributed by atoms with Crippen molar-refractivity contribution in [2.45, 2.75) is 38.1 Å². The van der Waals surface area contributed by atoms with Gasteiger partial charge >= 0.3 is 0 Å². The summed E-state index contributed by atoms with van der Waals surface area (Å²) in [6, 6.07) is 29.8.